The highest BCUT2D eigenvalue weighted by molar-refractivity contribution is 9.10. The van der Waals surface area contributed by atoms with Gasteiger partial charge in [-0.15, -0.1) is 0 Å². The van der Waals surface area contributed by atoms with E-state index in [2.05, 4.69) is 27.9 Å². The van der Waals surface area contributed by atoms with Crippen LogP contribution in [0.25, 0.3) is 0 Å². The van der Waals surface area contributed by atoms with Gasteiger partial charge in [0, 0.05) is 28.7 Å². The summed E-state index contributed by atoms with van der Waals surface area (Å²) < 4.78 is 15.0. The van der Waals surface area contributed by atoms with Crippen LogP contribution in [-0.4, -0.2) is 24.5 Å². The molecule has 1 aromatic carbocycles. The van der Waals surface area contributed by atoms with Crippen LogP contribution in [0, 0.1) is 5.82 Å². The van der Waals surface area contributed by atoms with Gasteiger partial charge in [-0.2, -0.15) is 0 Å². The molecule has 0 aliphatic heterocycles. The third-order valence-corrected chi connectivity index (χ3v) is 4.93. The Labute approximate surface area is 129 Å². The largest absolute Gasteiger partial charge is 0.329 e. The van der Waals surface area contributed by atoms with E-state index in [1.165, 1.54) is 44.6 Å². The number of hydrogen-bond donors (Lipinski definition) is 1. The van der Waals surface area contributed by atoms with Crippen molar-refractivity contribution in [2.45, 2.75) is 50.6 Å². The Hall–Kier alpha value is -0.450. The lowest BCUT2D eigenvalue weighted by molar-refractivity contribution is 0.158. The van der Waals surface area contributed by atoms with Gasteiger partial charge in [-0.1, -0.05) is 41.6 Å². The lowest BCUT2D eigenvalue weighted by Gasteiger charge is -2.34. The summed E-state index contributed by atoms with van der Waals surface area (Å²) >= 11 is 3.43. The summed E-state index contributed by atoms with van der Waals surface area (Å²) in [5.74, 6) is -0.163. The van der Waals surface area contributed by atoms with Crippen LogP contribution in [0.4, 0.5) is 4.39 Å². The SMILES string of the molecule is CN(C1CCCCCC1)C(CN)c1cc(Br)ccc1F. The fourth-order valence-electron chi connectivity index (χ4n) is 3.20. The second-order valence-corrected chi connectivity index (χ2v) is 6.64. The zero-order valence-corrected chi connectivity index (χ0v) is 13.7. The molecule has 1 aliphatic rings. The van der Waals surface area contributed by atoms with Gasteiger partial charge in [-0.3, -0.25) is 4.90 Å². The molecule has 2 N–H and O–H groups in total. The van der Waals surface area contributed by atoms with Crippen LogP contribution in [0.2, 0.25) is 0 Å². The van der Waals surface area contributed by atoms with Gasteiger partial charge < -0.3 is 5.73 Å². The van der Waals surface area contributed by atoms with Crippen LogP contribution in [-0.2, 0) is 0 Å². The highest BCUT2D eigenvalue weighted by atomic mass is 79.9. The molecule has 0 aromatic heterocycles. The zero-order valence-electron chi connectivity index (χ0n) is 12.1. The van der Waals surface area contributed by atoms with E-state index >= 15 is 0 Å². The topological polar surface area (TPSA) is 29.3 Å². The molecule has 0 heterocycles. The summed E-state index contributed by atoms with van der Waals surface area (Å²) in [6.07, 6.45) is 7.58. The summed E-state index contributed by atoms with van der Waals surface area (Å²) in [5.41, 5.74) is 6.65. The van der Waals surface area contributed by atoms with Gasteiger partial charge in [0.25, 0.3) is 0 Å². The van der Waals surface area contributed by atoms with Crippen molar-refractivity contribution in [1.29, 1.82) is 0 Å². The van der Waals surface area contributed by atoms with Gasteiger partial charge in [0.05, 0.1) is 0 Å². The van der Waals surface area contributed by atoms with Crippen LogP contribution in [0.5, 0.6) is 0 Å². The molecule has 2 rings (SSSR count). The predicted octanol–water partition coefficient (Wildman–Crippen LogP) is 4.24. The van der Waals surface area contributed by atoms with Crippen molar-refractivity contribution >= 4 is 15.9 Å². The molecule has 1 aliphatic carbocycles. The van der Waals surface area contributed by atoms with Crippen molar-refractivity contribution in [3.8, 4) is 0 Å². The lowest BCUT2D eigenvalue weighted by atomic mass is 10.00. The predicted molar refractivity (Wildman–Crippen MR) is 85.1 cm³/mol. The van der Waals surface area contributed by atoms with Crippen molar-refractivity contribution in [2.75, 3.05) is 13.6 Å². The Morgan fingerprint density at radius 2 is 1.95 bits per heavy atom. The van der Waals surface area contributed by atoms with Crippen LogP contribution < -0.4 is 5.73 Å². The van der Waals surface area contributed by atoms with Gasteiger partial charge in [-0.25, -0.2) is 4.39 Å². The van der Waals surface area contributed by atoms with Crippen molar-refractivity contribution in [3.05, 3.63) is 34.1 Å². The molecule has 0 saturated heterocycles. The second-order valence-electron chi connectivity index (χ2n) is 5.73. The second kappa shape index (κ2) is 7.53. The molecular formula is C16H24BrFN2. The van der Waals surface area contributed by atoms with E-state index in [4.69, 9.17) is 5.73 Å². The minimum Gasteiger partial charge on any atom is -0.329 e. The van der Waals surface area contributed by atoms with E-state index in [0.29, 0.717) is 18.2 Å². The molecule has 0 radical (unpaired) electrons. The first-order chi connectivity index (χ1) is 9.63. The van der Waals surface area contributed by atoms with Gasteiger partial charge in [0.1, 0.15) is 5.82 Å². The van der Waals surface area contributed by atoms with Gasteiger partial charge in [0.15, 0.2) is 0 Å². The minimum atomic E-state index is -0.163. The average molecular weight is 343 g/mol. The first kappa shape index (κ1) is 15.9. The first-order valence-electron chi connectivity index (χ1n) is 7.50. The smallest absolute Gasteiger partial charge is 0.128 e. The molecule has 2 nitrogen and oxygen atoms in total. The maximum Gasteiger partial charge on any atom is 0.128 e. The van der Waals surface area contributed by atoms with Crippen molar-refractivity contribution in [2.24, 2.45) is 5.73 Å². The molecule has 1 fully saturated rings. The minimum absolute atomic E-state index is 0.0457. The summed E-state index contributed by atoms with van der Waals surface area (Å²) in [5, 5.41) is 0. The molecule has 1 atom stereocenters. The molecule has 112 valence electrons. The van der Waals surface area contributed by atoms with E-state index in [9.17, 15) is 4.39 Å². The highest BCUT2D eigenvalue weighted by Gasteiger charge is 2.26. The van der Waals surface area contributed by atoms with Crippen molar-refractivity contribution < 1.29 is 4.39 Å². The summed E-state index contributed by atoms with van der Waals surface area (Å²) in [7, 11) is 2.09. The Bertz CT molecular complexity index is 430. The van der Waals surface area contributed by atoms with Gasteiger partial charge in [-0.05, 0) is 38.1 Å². The Morgan fingerprint density at radius 1 is 1.30 bits per heavy atom. The van der Waals surface area contributed by atoms with Crippen molar-refractivity contribution in [3.63, 3.8) is 0 Å². The zero-order chi connectivity index (χ0) is 14.5. The third-order valence-electron chi connectivity index (χ3n) is 4.43. The van der Waals surface area contributed by atoms with Crippen LogP contribution >= 0.6 is 15.9 Å². The number of hydrogen-bond acceptors (Lipinski definition) is 2. The van der Waals surface area contributed by atoms with Crippen LogP contribution in [0.15, 0.2) is 22.7 Å². The molecule has 0 amide bonds. The number of likely N-dealkylation sites (N-methyl/N-ethyl adjacent to an activating group) is 1. The molecule has 0 bridgehead atoms. The molecule has 0 spiro atoms. The number of halogens is 2. The molecule has 1 aromatic rings. The van der Waals surface area contributed by atoms with Crippen molar-refractivity contribution in [1.82, 2.24) is 4.90 Å². The molecular weight excluding hydrogens is 319 g/mol. The standard InChI is InChI=1S/C16H24BrFN2/c1-20(13-6-4-2-3-5-7-13)16(11-19)14-10-12(17)8-9-15(14)18/h8-10,13,16H,2-7,11,19H2,1H3. The van der Waals surface area contributed by atoms with E-state index in [1.807, 2.05) is 6.07 Å². The molecule has 4 heteroatoms. The van der Waals surface area contributed by atoms with E-state index in [1.54, 1.807) is 6.07 Å². The van der Waals surface area contributed by atoms with E-state index in [0.717, 1.165) is 4.47 Å². The quantitative estimate of drug-likeness (QED) is 0.829. The van der Waals surface area contributed by atoms with E-state index in [-0.39, 0.29) is 11.9 Å². The van der Waals surface area contributed by atoms with Crippen LogP contribution in [0.3, 0.4) is 0 Å². The normalized spacial score (nSPS) is 19.1. The molecule has 1 saturated carbocycles. The summed E-state index contributed by atoms with van der Waals surface area (Å²) in [6, 6.07) is 5.58. The monoisotopic (exact) mass is 342 g/mol. The Morgan fingerprint density at radius 3 is 2.55 bits per heavy atom. The Balaban J connectivity index is 2.19. The third kappa shape index (κ3) is 3.80. The number of nitrogens with two attached hydrogens (primary N) is 1. The highest BCUT2D eigenvalue weighted by Crippen LogP contribution is 2.30. The lowest BCUT2D eigenvalue weighted by Crippen LogP contribution is -2.38. The first-order valence-corrected chi connectivity index (χ1v) is 8.29. The van der Waals surface area contributed by atoms with Gasteiger partial charge >= 0.3 is 0 Å². The van der Waals surface area contributed by atoms with Crippen LogP contribution in [0.1, 0.15) is 50.1 Å². The molecule has 1 unspecified atom stereocenters. The summed E-state index contributed by atoms with van der Waals surface area (Å²) in [6.45, 7) is 0.445. The fourth-order valence-corrected chi connectivity index (χ4v) is 3.58. The fraction of sp³-hybridized carbons (Fsp3) is 0.625. The number of benzene rings is 1. The Kier molecular flexibility index (Phi) is 6.00. The number of rotatable bonds is 4. The average Bonchev–Trinajstić information content (AvgIpc) is 2.72. The van der Waals surface area contributed by atoms with E-state index < -0.39 is 0 Å². The maximum absolute atomic E-state index is 14.1. The maximum atomic E-state index is 14.1. The van der Waals surface area contributed by atoms with Gasteiger partial charge in [0.2, 0.25) is 0 Å². The summed E-state index contributed by atoms with van der Waals surface area (Å²) in [4.78, 5) is 2.29. The number of nitrogens with zero attached hydrogens (tertiary/aromatic N) is 1. The molecule has 20 heavy (non-hydrogen) atoms.